The predicted octanol–water partition coefficient (Wildman–Crippen LogP) is 4.80. The monoisotopic (exact) mass is 493 g/mol. The van der Waals surface area contributed by atoms with Gasteiger partial charge in [-0.05, 0) is 61.5 Å². The minimum atomic E-state index is -1.02. The van der Waals surface area contributed by atoms with E-state index in [-0.39, 0.29) is 11.5 Å². The Kier molecular flexibility index (Phi) is 7.90. The van der Waals surface area contributed by atoms with Gasteiger partial charge in [0, 0.05) is 49.0 Å². The van der Waals surface area contributed by atoms with Gasteiger partial charge in [-0.25, -0.2) is 4.79 Å². The second-order valence-electron chi connectivity index (χ2n) is 8.49. The number of ether oxygens (including phenoxy) is 1. The summed E-state index contributed by atoms with van der Waals surface area (Å²) in [5.41, 5.74) is 2.79. The van der Waals surface area contributed by atoms with Crippen LogP contribution < -0.4 is 15.0 Å². The first-order valence-electron chi connectivity index (χ1n) is 11.5. The molecule has 0 aliphatic carbocycles. The van der Waals surface area contributed by atoms with Crippen molar-refractivity contribution >= 4 is 34.9 Å². The predicted molar refractivity (Wildman–Crippen MR) is 138 cm³/mol. The Morgan fingerprint density at radius 1 is 1.00 bits per heavy atom. The van der Waals surface area contributed by atoms with E-state index >= 15 is 0 Å². The number of carbonyl (C=O) groups is 2. The Hall–Kier alpha value is -3.55. The molecule has 2 N–H and O–H groups in total. The van der Waals surface area contributed by atoms with Gasteiger partial charge < -0.3 is 20.1 Å². The average molecular weight is 494 g/mol. The highest BCUT2D eigenvalue weighted by atomic mass is 35.5. The Balaban J connectivity index is 1.34. The summed E-state index contributed by atoms with van der Waals surface area (Å²) in [6, 6.07) is 19.6. The fourth-order valence-electron chi connectivity index (χ4n) is 4.09. The molecule has 3 aromatic carbocycles. The highest BCUT2D eigenvalue weighted by molar-refractivity contribution is 6.30. The van der Waals surface area contributed by atoms with Crippen molar-refractivity contribution in [2.75, 3.05) is 49.5 Å². The summed E-state index contributed by atoms with van der Waals surface area (Å²) in [7, 11) is 0. The van der Waals surface area contributed by atoms with Crippen LogP contribution in [-0.2, 0) is 0 Å². The zero-order valence-corrected chi connectivity index (χ0v) is 20.3. The van der Waals surface area contributed by atoms with Gasteiger partial charge in [0.1, 0.15) is 12.4 Å². The maximum atomic E-state index is 12.6. The smallest absolute Gasteiger partial charge is 0.337 e. The van der Waals surface area contributed by atoms with E-state index in [4.69, 9.17) is 16.3 Å². The Bertz CT molecular complexity index is 1190. The maximum absolute atomic E-state index is 12.6. The molecule has 1 aliphatic rings. The van der Waals surface area contributed by atoms with Crippen molar-refractivity contribution in [3.8, 4) is 5.75 Å². The zero-order valence-electron chi connectivity index (χ0n) is 19.5. The second-order valence-corrected chi connectivity index (χ2v) is 8.93. The number of nitrogens with one attached hydrogen (secondary N) is 1. The van der Waals surface area contributed by atoms with Crippen molar-refractivity contribution in [2.24, 2.45) is 0 Å². The summed E-state index contributed by atoms with van der Waals surface area (Å²) < 4.78 is 5.78. The number of halogens is 1. The van der Waals surface area contributed by atoms with Gasteiger partial charge >= 0.3 is 5.97 Å². The van der Waals surface area contributed by atoms with E-state index in [1.54, 1.807) is 36.4 Å². The third-order valence-electron chi connectivity index (χ3n) is 5.97. The Labute approximate surface area is 209 Å². The fraction of sp³-hybridized carbons (Fsp3) is 0.259. The van der Waals surface area contributed by atoms with Gasteiger partial charge in [-0.3, -0.25) is 9.69 Å². The lowest BCUT2D eigenvalue weighted by Crippen LogP contribution is -2.47. The van der Waals surface area contributed by atoms with Crippen LogP contribution >= 0.6 is 11.6 Å². The normalized spacial score (nSPS) is 13.9. The number of carboxylic acids is 1. The molecule has 1 heterocycles. The van der Waals surface area contributed by atoms with Crippen LogP contribution in [0.25, 0.3) is 0 Å². The molecule has 3 aromatic rings. The van der Waals surface area contributed by atoms with Crippen LogP contribution in [0.3, 0.4) is 0 Å². The van der Waals surface area contributed by atoms with Crippen LogP contribution in [0, 0.1) is 6.92 Å². The van der Waals surface area contributed by atoms with E-state index in [9.17, 15) is 14.7 Å². The Morgan fingerprint density at radius 2 is 1.74 bits per heavy atom. The van der Waals surface area contributed by atoms with Crippen LogP contribution in [-0.4, -0.2) is 61.2 Å². The quantitative estimate of drug-likeness (QED) is 0.469. The molecule has 1 aliphatic heterocycles. The van der Waals surface area contributed by atoms with Crippen molar-refractivity contribution in [2.45, 2.75) is 6.92 Å². The number of hydrogen-bond donors (Lipinski definition) is 2. The highest BCUT2D eigenvalue weighted by Gasteiger charge is 2.22. The van der Waals surface area contributed by atoms with Crippen LogP contribution in [0.5, 0.6) is 5.75 Å². The van der Waals surface area contributed by atoms with Crippen LogP contribution in [0.15, 0.2) is 66.7 Å². The molecule has 8 heteroatoms. The summed E-state index contributed by atoms with van der Waals surface area (Å²) in [5, 5.41) is 13.3. The van der Waals surface area contributed by atoms with Crippen molar-refractivity contribution in [1.29, 1.82) is 0 Å². The van der Waals surface area contributed by atoms with E-state index < -0.39 is 5.97 Å². The second kappa shape index (κ2) is 11.3. The first kappa shape index (κ1) is 24.6. The standard InChI is InChI=1S/C27H28ClN3O4/c1-19-3-2-4-20(17-19)26(32)29-22-7-10-25(24(18-22)27(33)34)31-13-11-30(12-14-31)15-16-35-23-8-5-21(28)6-9-23/h2-10,17-18H,11-16H2,1H3,(H,29,32)(H,33,34). The molecule has 1 fully saturated rings. The largest absolute Gasteiger partial charge is 0.492 e. The third-order valence-corrected chi connectivity index (χ3v) is 6.22. The van der Waals surface area contributed by atoms with E-state index in [0.717, 1.165) is 30.9 Å². The molecule has 0 aromatic heterocycles. The average Bonchev–Trinajstić information content (AvgIpc) is 2.85. The molecule has 35 heavy (non-hydrogen) atoms. The summed E-state index contributed by atoms with van der Waals surface area (Å²) in [5.74, 6) is -0.508. The number of hydrogen-bond acceptors (Lipinski definition) is 5. The van der Waals surface area contributed by atoms with Gasteiger partial charge in [0.25, 0.3) is 5.91 Å². The first-order chi connectivity index (χ1) is 16.9. The van der Waals surface area contributed by atoms with E-state index in [1.807, 2.05) is 31.2 Å². The minimum absolute atomic E-state index is 0.173. The molecule has 0 saturated carbocycles. The number of rotatable bonds is 8. The van der Waals surface area contributed by atoms with Gasteiger partial charge in [0.15, 0.2) is 0 Å². The van der Waals surface area contributed by atoms with Crippen LogP contribution in [0.4, 0.5) is 11.4 Å². The molecule has 0 spiro atoms. The van der Waals surface area contributed by atoms with E-state index in [2.05, 4.69) is 15.1 Å². The van der Waals surface area contributed by atoms with Gasteiger partial charge in [-0.2, -0.15) is 0 Å². The van der Waals surface area contributed by atoms with Crippen molar-refractivity contribution in [3.05, 3.63) is 88.4 Å². The summed E-state index contributed by atoms with van der Waals surface area (Å²) in [6.45, 7) is 6.28. The topological polar surface area (TPSA) is 82.1 Å². The number of anilines is 2. The molecule has 1 amide bonds. The number of carboxylic acid groups (broad SMARTS) is 1. The zero-order chi connectivity index (χ0) is 24.8. The molecule has 0 radical (unpaired) electrons. The number of benzene rings is 3. The van der Waals surface area contributed by atoms with Crippen molar-refractivity contribution < 1.29 is 19.4 Å². The van der Waals surface area contributed by atoms with Gasteiger partial charge in [-0.15, -0.1) is 0 Å². The summed E-state index contributed by atoms with van der Waals surface area (Å²) in [6.07, 6.45) is 0. The number of aromatic carboxylic acids is 1. The molecule has 1 saturated heterocycles. The van der Waals surface area contributed by atoms with Crippen LogP contribution in [0.1, 0.15) is 26.3 Å². The molecular weight excluding hydrogens is 466 g/mol. The first-order valence-corrected chi connectivity index (χ1v) is 11.9. The molecule has 0 unspecified atom stereocenters. The maximum Gasteiger partial charge on any atom is 0.337 e. The molecule has 7 nitrogen and oxygen atoms in total. The van der Waals surface area contributed by atoms with Crippen molar-refractivity contribution in [3.63, 3.8) is 0 Å². The molecular formula is C27H28ClN3O4. The number of aryl methyl sites for hydroxylation is 1. The molecule has 0 atom stereocenters. The molecule has 0 bridgehead atoms. The third kappa shape index (κ3) is 6.53. The number of nitrogens with zero attached hydrogens (tertiary/aromatic N) is 2. The number of carbonyl (C=O) groups excluding carboxylic acids is 1. The SMILES string of the molecule is Cc1cccc(C(=O)Nc2ccc(N3CCN(CCOc4ccc(Cl)cc4)CC3)c(C(=O)O)c2)c1. The van der Waals surface area contributed by atoms with Gasteiger partial charge in [0.2, 0.25) is 0 Å². The summed E-state index contributed by atoms with van der Waals surface area (Å²) in [4.78, 5) is 28.9. The van der Waals surface area contributed by atoms with Crippen LogP contribution in [0.2, 0.25) is 5.02 Å². The fourth-order valence-corrected chi connectivity index (χ4v) is 4.21. The highest BCUT2D eigenvalue weighted by Crippen LogP contribution is 2.26. The Morgan fingerprint density at radius 3 is 2.43 bits per heavy atom. The minimum Gasteiger partial charge on any atom is -0.492 e. The lowest BCUT2D eigenvalue weighted by molar-refractivity contribution is 0.0697. The lowest BCUT2D eigenvalue weighted by Gasteiger charge is -2.36. The van der Waals surface area contributed by atoms with E-state index in [1.165, 1.54) is 6.07 Å². The van der Waals surface area contributed by atoms with E-state index in [0.29, 0.717) is 41.7 Å². The molecule has 182 valence electrons. The van der Waals surface area contributed by atoms with Crippen molar-refractivity contribution in [1.82, 2.24) is 4.90 Å². The van der Waals surface area contributed by atoms with Gasteiger partial charge in [-0.1, -0.05) is 29.3 Å². The number of amides is 1. The molecule has 4 rings (SSSR count). The summed E-state index contributed by atoms with van der Waals surface area (Å²) >= 11 is 5.90. The number of piperazine rings is 1. The lowest BCUT2D eigenvalue weighted by atomic mass is 10.1. The van der Waals surface area contributed by atoms with Gasteiger partial charge in [0.05, 0.1) is 11.3 Å².